The van der Waals surface area contributed by atoms with E-state index in [1.54, 1.807) is 0 Å². The van der Waals surface area contributed by atoms with Crippen LogP contribution in [0.5, 0.6) is 0 Å². The number of pyridine rings is 2. The summed E-state index contributed by atoms with van der Waals surface area (Å²) in [6.45, 7) is 29.1. The third-order valence-electron chi connectivity index (χ3n) is 16.7. The van der Waals surface area contributed by atoms with Gasteiger partial charge in [-0.3, -0.25) is 9.97 Å². The molecule has 4 aromatic carbocycles. The summed E-state index contributed by atoms with van der Waals surface area (Å²) in [5.74, 6) is 13.6. The molecule has 0 amide bonds. The maximum atomic E-state index is 10.6. The van der Waals surface area contributed by atoms with Crippen molar-refractivity contribution in [2.24, 2.45) is 0 Å². The van der Waals surface area contributed by atoms with Crippen molar-refractivity contribution in [2.75, 3.05) is 0 Å². The zero-order chi connectivity index (χ0) is 58.7. The van der Waals surface area contributed by atoms with Gasteiger partial charge in [0.05, 0.1) is 0 Å². The summed E-state index contributed by atoms with van der Waals surface area (Å²) in [5.41, 5.74) is 18.6. The summed E-state index contributed by atoms with van der Waals surface area (Å²) >= 11 is 0. The molecular formula is C71H86N2O6Si. The fourth-order valence-electron chi connectivity index (χ4n) is 12.1. The van der Waals surface area contributed by atoms with Crippen molar-refractivity contribution in [3.63, 3.8) is 0 Å². The lowest BCUT2D eigenvalue weighted by Gasteiger charge is -2.34. The molecule has 2 heterocycles. The van der Waals surface area contributed by atoms with Crippen LogP contribution in [0.1, 0.15) is 186 Å². The van der Waals surface area contributed by atoms with Crippen LogP contribution >= 0.6 is 0 Å². The molecule has 0 saturated heterocycles. The quantitative estimate of drug-likeness (QED) is 0.0845. The lowest BCUT2D eigenvalue weighted by molar-refractivity contribution is -0.193. The smallest absolute Gasteiger partial charge is 0.373 e. The van der Waals surface area contributed by atoms with Crippen LogP contribution in [0.15, 0.2) is 109 Å². The van der Waals surface area contributed by atoms with Crippen LogP contribution in [0.3, 0.4) is 0 Å². The van der Waals surface area contributed by atoms with Crippen molar-refractivity contribution < 1.29 is 28.7 Å². The van der Waals surface area contributed by atoms with Crippen LogP contribution in [0.25, 0.3) is 22.3 Å². The maximum Gasteiger partial charge on any atom is 0.373 e. The first kappa shape index (κ1) is 64.0. The molecule has 0 bridgehead atoms. The van der Waals surface area contributed by atoms with E-state index in [1.807, 2.05) is 12.4 Å². The number of benzene rings is 4. The molecule has 0 unspecified atom stereocenters. The van der Waals surface area contributed by atoms with Crippen LogP contribution in [-0.2, 0) is 47.3 Å². The number of aliphatic hydroxyl groups is 1. The predicted octanol–water partition coefficient (Wildman–Crippen LogP) is 16.1. The highest BCUT2D eigenvalue weighted by molar-refractivity contribution is 6.69. The van der Waals surface area contributed by atoms with Gasteiger partial charge in [0.15, 0.2) is 8.32 Å². The first-order valence-electron chi connectivity index (χ1n) is 29.0. The third-order valence-corrected chi connectivity index (χ3v) is 17.7. The molecule has 420 valence electrons. The molecule has 1 N–H and O–H groups in total. The molecule has 2 fully saturated rings. The molecular weight excluding hydrogens is 1000 g/mol. The summed E-state index contributed by atoms with van der Waals surface area (Å²) < 4.78 is 6.64. The second kappa shape index (κ2) is 29.1. The van der Waals surface area contributed by atoms with Gasteiger partial charge in [-0.25, -0.2) is 0 Å². The third kappa shape index (κ3) is 15.8. The van der Waals surface area contributed by atoms with Crippen molar-refractivity contribution in [3.8, 4) is 45.9 Å². The fourth-order valence-corrected chi connectivity index (χ4v) is 13.5. The summed E-state index contributed by atoms with van der Waals surface area (Å²) in [6, 6.07) is 36.3. The zero-order valence-corrected chi connectivity index (χ0v) is 51.2. The number of rotatable bonds is 14. The number of aromatic nitrogens is 2. The van der Waals surface area contributed by atoms with Crippen molar-refractivity contribution in [1.82, 2.24) is 9.97 Å². The van der Waals surface area contributed by atoms with E-state index in [-0.39, 0.29) is 28.7 Å². The van der Waals surface area contributed by atoms with E-state index in [2.05, 4.69) is 220 Å². The van der Waals surface area contributed by atoms with E-state index < -0.39 is 13.9 Å². The van der Waals surface area contributed by atoms with Crippen molar-refractivity contribution in [2.45, 2.75) is 201 Å². The Bertz CT molecular complexity index is 3190. The number of hydrogen-bond donors (Lipinski definition) is 1. The van der Waals surface area contributed by atoms with E-state index in [9.17, 15) is 5.11 Å². The molecule has 2 aromatic heterocycles. The Morgan fingerprint density at radius 3 is 1.16 bits per heavy atom. The summed E-state index contributed by atoms with van der Waals surface area (Å²) in [6.07, 6.45) is 18.8. The Kier molecular flexibility index (Phi) is 23.3. The molecule has 0 spiro atoms. The van der Waals surface area contributed by atoms with Crippen LogP contribution in [0.4, 0.5) is 0 Å². The van der Waals surface area contributed by atoms with E-state index in [0.29, 0.717) is 0 Å². The van der Waals surface area contributed by atoms with Gasteiger partial charge in [0.2, 0.25) is 0 Å². The minimum Gasteiger partial charge on any atom is -0.402 e. The molecule has 2 aliphatic rings. The largest absolute Gasteiger partial charge is 0.402 e. The van der Waals surface area contributed by atoms with Crippen LogP contribution in [0.2, 0.25) is 19.6 Å². The topological polar surface area (TPSA) is 124 Å². The van der Waals surface area contributed by atoms with Gasteiger partial charge in [-0.15, -0.1) is 0 Å². The Labute approximate surface area is 480 Å². The average molecular weight is 1090 g/mol. The Morgan fingerprint density at radius 1 is 0.500 bits per heavy atom. The molecule has 9 heteroatoms. The van der Waals surface area contributed by atoms with Crippen LogP contribution < -0.4 is 0 Å². The highest BCUT2D eigenvalue weighted by atomic mass is 28.4. The Balaban J connectivity index is 0.000000269. The number of nitrogens with zero attached hydrogens (tertiary/aromatic N) is 2. The summed E-state index contributed by atoms with van der Waals surface area (Å²) in [4.78, 5) is 41.7. The lowest BCUT2D eigenvalue weighted by atomic mass is 9.69. The standard InChI is InChI=1S/C36H47NOSi.C33H39NO.2CO2/c1-9-33-18-15-30(26-37-33)34-19-17-32(25-28(34)5)36(10-2,11-3)31-16-14-29(27(4)24-31)20-23-35(21-12-13-22-35)38-39(6,7)8;1-6-30-15-12-27(23-34-30)31-16-14-29(22-25(31)5)33(7-2,8-3)28-13-11-26(24(4)21-28)17-20-32(35)18-9-10-19-32;2*2-1-3/h14-19,24-26H,9-13,21-22H2,1-8H3;11-16,21-23,35H,6-10,18-19H2,1-5H3;;. The summed E-state index contributed by atoms with van der Waals surface area (Å²) in [5, 5.41) is 10.6. The van der Waals surface area contributed by atoms with Crippen molar-refractivity contribution in [1.29, 1.82) is 0 Å². The van der Waals surface area contributed by atoms with Crippen molar-refractivity contribution in [3.05, 3.63) is 176 Å². The molecule has 6 aromatic rings. The Morgan fingerprint density at radius 2 is 0.850 bits per heavy atom. The fraction of sp³-hybridized carbons (Fsp3) is 0.437. The van der Waals surface area contributed by atoms with Gasteiger partial charge in [-0.1, -0.05) is 138 Å². The molecule has 0 aliphatic heterocycles. The second-order valence-corrected chi connectivity index (χ2v) is 27.2. The number of aryl methyl sites for hydroxylation is 6. The van der Waals surface area contributed by atoms with Crippen molar-refractivity contribution >= 4 is 20.6 Å². The van der Waals surface area contributed by atoms with E-state index in [0.717, 1.165) is 99.6 Å². The molecule has 2 saturated carbocycles. The predicted molar refractivity (Wildman–Crippen MR) is 325 cm³/mol. The zero-order valence-electron chi connectivity index (χ0n) is 50.2. The van der Waals surface area contributed by atoms with E-state index in [1.165, 1.54) is 79.6 Å². The lowest BCUT2D eigenvalue weighted by Crippen LogP contribution is -2.39. The molecule has 8 rings (SSSR count). The monoisotopic (exact) mass is 1090 g/mol. The summed E-state index contributed by atoms with van der Waals surface area (Å²) in [7, 11) is -1.67. The first-order valence-corrected chi connectivity index (χ1v) is 32.4. The first-order chi connectivity index (χ1) is 38.2. The maximum absolute atomic E-state index is 10.6. The Hall–Kier alpha value is -6.80. The average Bonchev–Trinajstić information content (AvgIpc) is 4.16. The molecule has 2 aliphatic carbocycles. The highest BCUT2D eigenvalue weighted by Crippen LogP contribution is 2.43. The number of hydrogen-bond acceptors (Lipinski definition) is 8. The highest BCUT2D eigenvalue weighted by Gasteiger charge is 2.38. The van der Waals surface area contributed by atoms with E-state index in [4.69, 9.17) is 23.6 Å². The van der Waals surface area contributed by atoms with Gasteiger partial charge in [0, 0.05) is 56.9 Å². The van der Waals surface area contributed by atoms with Gasteiger partial charge in [0.1, 0.15) is 11.2 Å². The molecule has 0 radical (unpaired) electrons. The minimum absolute atomic E-state index is 0.0298. The SMILES string of the molecule is CCc1ccc(-c2ccc(C(CC)(CC)c3ccc(C#CC4(O)CCCC4)c(C)c3)cc2C)cn1.CCc1ccc(-c2ccc(C(CC)(CC)c3ccc(C#CC4(O[Si](C)(C)C)CCCC4)c(C)c3)cc2C)cn1.O=C=O.O=C=O. The van der Waals surface area contributed by atoms with Gasteiger partial charge in [-0.2, -0.15) is 19.2 Å². The molecule has 80 heavy (non-hydrogen) atoms. The van der Waals surface area contributed by atoms with Gasteiger partial charge < -0.3 is 9.53 Å². The van der Waals surface area contributed by atoms with Crippen LogP contribution in [0, 0.1) is 51.4 Å². The molecule has 8 nitrogen and oxygen atoms in total. The van der Waals surface area contributed by atoms with Crippen LogP contribution in [-0.4, -0.2) is 46.9 Å². The van der Waals surface area contributed by atoms with E-state index >= 15 is 0 Å². The van der Waals surface area contributed by atoms with Gasteiger partial charge >= 0.3 is 12.3 Å². The normalized spacial score (nSPS) is 14.2. The molecule has 0 atom stereocenters. The van der Waals surface area contributed by atoms with Gasteiger partial charge in [-0.05, 0) is 217 Å². The van der Waals surface area contributed by atoms with Gasteiger partial charge in [0.25, 0.3) is 0 Å². The second-order valence-electron chi connectivity index (χ2n) is 22.8. The minimum atomic E-state index is -1.67. The number of carbonyl (C=O) groups excluding carboxylic acids is 4.